The molecule has 0 aliphatic carbocycles. The summed E-state index contributed by atoms with van der Waals surface area (Å²) in [4.78, 5) is 10.8. The standard InChI is InChI=1S/C8H11N3O2/c1-13-7-5(9)2-4(8(11)12)3-6(7)10/h2-3H,9-10H2,1H3,(H2,11,12). The van der Waals surface area contributed by atoms with Gasteiger partial charge in [0.05, 0.1) is 18.5 Å². The Morgan fingerprint density at radius 3 is 2.08 bits per heavy atom. The SMILES string of the molecule is COc1c(N)cc(C(N)=O)cc1N. The minimum atomic E-state index is -0.568. The zero-order valence-electron chi connectivity index (χ0n) is 7.20. The number of nitrogen functional groups attached to an aromatic ring is 2. The van der Waals surface area contributed by atoms with Crippen molar-refractivity contribution in [3.8, 4) is 5.75 Å². The number of ether oxygens (including phenoxy) is 1. The van der Waals surface area contributed by atoms with Crippen molar-refractivity contribution >= 4 is 17.3 Å². The molecule has 1 rings (SSSR count). The van der Waals surface area contributed by atoms with Crippen LogP contribution in [0.4, 0.5) is 11.4 Å². The highest BCUT2D eigenvalue weighted by Crippen LogP contribution is 2.29. The highest BCUT2D eigenvalue weighted by atomic mass is 16.5. The molecule has 1 aromatic carbocycles. The van der Waals surface area contributed by atoms with Gasteiger partial charge >= 0.3 is 0 Å². The third-order valence-corrected chi connectivity index (χ3v) is 1.64. The predicted octanol–water partition coefficient (Wildman–Crippen LogP) is -0.0415. The largest absolute Gasteiger partial charge is 0.492 e. The van der Waals surface area contributed by atoms with Crippen LogP contribution in [-0.2, 0) is 0 Å². The van der Waals surface area contributed by atoms with Crippen LogP contribution in [0.2, 0.25) is 0 Å². The van der Waals surface area contributed by atoms with Crippen molar-refractivity contribution in [2.45, 2.75) is 0 Å². The number of carbonyl (C=O) groups is 1. The second kappa shape index (κ2) is 3.22. The van der Waals surface area contributed by atoms with E-state index in [1.54, 1.807) is 0 Å². The second-order valence-electron chi connectivity index (χ2n) is 2.55. The van der Waals surface area contributed by atoms with Gasteiger partial charge in [-0.3, -0.25) is 4.79 Å². The Hall–Kier alpha value is -1.91. The summed E-state index contributed by atoms with van der Waals surface area (Å²) in [5, 5.41) is 0. The van der Waals surface area contributed by atoms with Crippen LogP contribution in [0.25, 0.3) is 0 Å². The van der Waals surface area contributed by atoms with Crippen LogP contribution >= 0.6 is 0 Å². The van der Waals surface area contributed by atoms with Gasteiger partial charge in [-0.1, -0.05) is 0 Å². The molecule has 0 unspecified atom stereocenters. The van der Waals surface area contributed by atoms with E-state index in [4.69, 9.17) is 21.9 Å². The fourth-order valence-electron chi connectivity index (χ4n) is 1.05. The molecule has 1 aromatic rings. The molecule has 0 spiro atoms. The van der Waals surface area contributed by atoms with Gasteiger partial charge in [0.15, 0.2) is 5.75 Å². The van der Waals surface area contributed by atoms with Crippen molar-refractivity contribution in [1.82, 2.24) is 0 Å². The van der Waals surface area contributed by atoms with Crippen LogP contribution in [-0.4, -0.2) is 13.0 Å². The molecule has 6 N–H and O–H groups in total. The van der Waals surface area contributed by atoms with Crippen molar-refractivity contribution in [2.24, 2.45) is 5.73 Å². The van der Waals surface area contributed by atoms with Crippen molar-refractivity contribution in [2.75, 3.05) is 18.6 Å². The lowest BCUT2D eigenvalue weighted by molar-refractivity contribution is 0.100. The molecule has 0 aliphatic heterocycles. The summed E-state index contributed by atoms with van der Waals surface area (Å²) in [5.41, 5.74) is 17.0. The highest BCUT2D eigenvalue weighted by Gasteiger charge is 2.09. The minimum absolute atomic E-state index is 0.274. The summed E-state index contributed by atoms with van der Waals surface area (Å²) in [6, 6.07) is 2.86. The molecule has 1 amide bonds. The third-order valence-electron chi connectivity index (χ3n) is 1.64. The molecule has 0 saturated carbocycles. The number of hydrogen-bond donors (Lipinski definition) is 3. The number of primary amides is 1. The van der Waals surface area contributed by atoms with Crippen LogP contribution in [0, 0.1) is 0 Å². The number of anilines is 2. The predicted molar refractivity (Wildman–Crippen MR) is 50.3 cm³/mol. The van der Waals surface area contributed by atoms with E-state index >= 15 is 0 Å². The van der Waals surface area contributed by atoms with E-state index in [1.807, 2.05) is 0 Å². The van der Waals surface area contributed by atoms with E-state index < -0.39 is 5.91 Å². The van der Waals surface area contributed by atoms with Crippen LogP contribution in [0.5, 0.6) is 5.75 Å². The normalized spacial score (nSPS) is 9.62. The number of benzene rings is 1. The smallest absolute Gasteiger partial charge is 0.248 e. The van der Waals surface area contributed by atoms with Gasteiger partial charge < -0.3 is 21.9 Å². The molecular formula is C8H11N3O2. The van der Waals surface area contributed by atoms with Gasteiger partial charge in [0, 0.05) is 5.56 Å². The van der Waals surface area contributed by atoms with Crippen molar-refractivity contribution in [3.63, 3.8) is 0 Å². The summed E-state index contributed by atoms with van der Waals surface area (Å²) in [7, 11) is 1.45. The zero-order valence-corrected chi connectivity index (χ0v) is 7.20. The van der Waals surface area contributed by atoms with E-state index in [0.717, 1.165) is 0 Å². The first kappa shape index (κ1) is 9.18. The van der Waals surface area contributed by atoms with E-state index in [2.05, 4.69) is 0 Å². The van der Waals surface area contributed by atoms with Gasteiger partial charge in [0.2, 0.25) is 5.91 Å². The maximum Gasteiger partial charge on any atom is 0.248 e. The lowest BCUT2D eigenvalue weighted by Gasteiger charge is -2.08. The van der Waals surface area contributed by atoms with Crippen LogP contribution in [0.1, 0.15) is 10.4 Å². The van der Waals surface area contributed by atoms with E-state index in [1.165, 1.54) is 19.2 Å². The molecule has 0 atom stereocenters. The van der Waals surface area contributed by atoms with Crippen molar-refractivity contribution in [3.05, 3.63) is 17.7 Å². The molecule has 0 aromatic heterocycles. The fourth-order valence-corrected chi connectivity index (χ4v) is 1.05. The monoisotopic (exact) mass is 181 g/mol. The molecular weight excluding hydrogens is 170 g/mol. The van der Waals surface area contributed by atoms with E-state index in [0.29, 0.717) is 17.1 Å². The Labute approximate surface area is 75.5 Å². The molecule has 0 fully saturated rings. The van der Waals surface area contributed by atoms with Gasteiger partial charge in [-0.25, -0.2) is 0 Å². The molecule has 0 bridgehead atoms. The lowest BCUT2D eigenvalue weighted by Crippen LogP contribution is -2.12. The second-order valence-corrected chi connectivity index (χ2v) is 2.55. The number of carbonyl (C=O) groups excluding carboxylic acids is 1. The van der Waals surface area contributed by atoms with Gasteiger partial charge in [0.1, 0.15) is 0 Å². The highest BCUT2D eigenvalue weighted by molar-refractivity contribution is 5.95. The number of rotatable bonds is 2. The topological polar surface area (TPSA) is 104 Å². The Kier molecular flexibility index (Phi) is 2.27. The van der Waals surface area contributed by atoms with Crippen LogP contribution in [0.3, 0.4) is 0 Å². The number of methoxy groups -OCH3 is 1. The van der Waals surface area contributed by atoms with Gasteiger partial charge in [0.25, 0.3) is 0 Å². The number of hydrogen-bond acceptors (Lipinski definition) is 4. The van der Waals surface area contributed by atoms with Crippen LogP contribution in [0.15, 0.2) is 12.1 Å². The van der Waals surface area contributed by atoms with E-state index in [9.17, 15) is 4.79 Å². The van der Waals surface area contributed by atoms with Gasteiger partial charge in [-0.2, -0.15) is 0 Å². The summed E-state index contributed by atoms with van der Waals surface area (Å²) in [6.45, 7) is 0. The maximum atomic E-state index is 10.8. The first-order chi connectivity index (χ1) is 6.06. The summed E-state index contributed by atoms with van der Waals surface area (Å²) in [6.07, 6.45) is 0. The quantitative estimate of drug-likeness (QED) is 0.556. The fraction of sp³-hybridized carbons (Fsp3) is 0.125. The molecule has 5 heteroatoms. The molecule has 0 radical (unpaired) electrons. The molecule has 13 heavy (non-hydrogen) atoms. The average Bonchev–Trinajstić information content (AvgIpc) is 2.03. The Balaban J connectivity index is 3.28. The van der Waals surface area contributed by atoms with Crippen molar-refractivity contribution < 1.29 is 9.53 Å². The Bertz CT molecular complexity index is 326. The van der Waals surface area contributed by atoms with Crippen LogP contribution < -0.4 is 21.9 Å². The molecule has 70 valence electrons. The lowest BCUT2D eigenvalue weighted by atomic mass is 10.1. The first-order valence-corrected chi connectivity index (χ1v) is 3.59. The number of nitrogens with two attached hydrogens (primary N) is 3. The summed E-state index contributed by atoms with van der Waals surface area (Å²) >= 11 is 0. The van der Waals surface area contributed by atoms with E-state index in [-0.39, 0.29) is 5.56 Å². The molecule has 0 saturated heterocycles. The molecule has 0 heterocycles. The third kappa shape index (κ3) is 1.64. The van der Waals surface area contributed by atoms with Gasteiger partial charge in [-0.05, 0) is 12.1 Å². The summed E-state index contributed by atoms with van der Waals surface area (Å²) < 4.78 is 4.91. The first-order valence-electron chi connectivity index (χ1n) is 3.59. The molecule has 5 nitrogen and oxygen atoms in total. The molecule has 0 aliphatic rings. The summed E-state index contributed by atoms with van der Waals surface area (Å²) in [5.74, 6) is -0.203. The van der Waals surface area contributed by atoms with Gasteiger partial charge in [-0.15, -0.1) is 0 Å². The van der Waals surface area contributed by atoms with Crippen molar-refractivity contribution in [1.29, 1.82) is 0 Å². The Morgan fingerprint density at radius 2 is 1.77 bits per heavy atom. The Morgan fingerprint density at radius 1 is 1.31 bits per heavy atom. The minimum Gasteiger partial charge on any atom is -0.492 e. The zero-order chi connectivity index (χ0) is 10.0. The number of amides is 1. The maximum absolute atomic E-state index is 10.8. The average molecular weight is 181 g/mol.